The van der Waals surface area contributed by atoms with E-state index in [1.807, 2.05) is 6.07 Å². The molecule has 114 valence electrons. The number of piperidine rings is 2. The number of fused-ring (bicyclic) bond motifs is 2. The van der Waals surface area contributed by atoms with Crippen molar-refractivity contribution in [1.82, 2.24) is 14.9 Å². The number of nitrogens with zero attached hydrogens (tertiary/aromatic N) is 3. The largest absolute Gasteiger partial charge is 0.384 e. The Hall–Kier alpha value is -1.36. The third kappa shape index (κ3) is 2.71. The molecule has 0 amide bonds. The second-order valence-electron chi connectivity index (χ2n) is 7.03. The maximum absolute atomic E-state index is 5.94. The zero-order valence-electron chi connectivity index (χ0n) is 12.8. The van der Waals surface area contributed by atoms with E-state index in [0.717, 1.165) is 23.7 Å². The van der Waals surface area contributed by atoms with E-state index in [9.17, 15) is 0 Å². The Morgan fingerprint density at radius 3 is 2.52 bits per heavy atom. The van der Waals surface area contributed by atoms with Crippen LogP contribution in [-0.2, 0) is 0 Å². The summed E-state index contributed by atoms with van der Waals surface area (Å²) < 4.78 is 0. The van der Waals surface area contributed by atoms with Gasteiger partial charge in [0.1, 0.15) is 17.5 Å². The summed E-state index contributed by atoms with van der Waals surface area (Å²) in [7, 11) is 2.29. The summed E-state index contributed by atoms with van der Waals surface area (Å²) in [6, 6.07) is 3.88. The van der Waals surface area contributed by atoms with Crippen LogP contribution in [0.1, 0.15) is 56.7 Å². The van der Waals surface area contributed by atoms with Crippen molar-refractivity contribution < 1.29 is 0 Å². The van der Waals surface area contributed by atoms with Crippen LogP contribution in [0.2, 0.25) is 0 Å². The molecule has 2 bridgehead atoms. The smallest absolute Gasteiger partial charge is 0.136 e. The van der Waals surface area contributed by atoms with E-state index < -0.39 is 0 Å². The van der Waals surface area contributed by atoms with Gasteiger partial charge in [0.25, 0.3) is 0 Å². The number of hydrogen-bond donors (Lipinski definition) is 2. The maximum Gasteiger partial charge on any atom is 0.136 e. The van der Waals surface area contributed by atoms with E-state index in [4.69, 9.17) is 5.73 Å². The first-order valence-electron chi connectivity index (χ1n) is 8.32. The van der Waals surface area contributed by atoms with Gasteiger partial charge in [-0.2, -0.15) is 0 Å². The Morgan fingerprint density at radius 1 is 1.14 bits per heavy atom. The second-order valence-corrected chi connectivity index (χ2v) is 7.03. The van der Waals surface area contributed by atoms with Gasteiger partial charge in [0.15, 0.2) is 0 Å². The quantitative estimate of drug-likeness (QED) is 0.893. The van der Waals surface area contributed by atoms with E-state index in [-0.39, 0.29) is 0 Å². The maximum atomic E-state index is 5.94. The van der Waals surface area contributed by atoms with Crippen molar-refractivity contribution in [3.05, 3.63) is 11.9 Å². The average Bonchev–Trinajstić information content (AvgIpc) is 3.23. The first kappa shape index (κ1) is 13.3. The summed E-state index contributed by atoms with van der Waals surface area (Å²) in [6.45, 7) is 0. The fraction of sp³-hybridized carbons (Fsp3) is 0.750. The fourth-order valence-corrected chi connectivity index (χ4v) is 4.03. The minimum atomic E-state index is 0.526. The van der Waals surface area contributed by atoms with Crippen LogP contribution in [0.5, 0.6) is 0 Å². The van der Waals surface area contributed by atoms with Crippen molar-refractivity contribution in [3.8, 4) is 0 Å². The molecular weight excluding hydrogens is 262 g/mol. The van der Waals surface area contributed by atoms with Crippen LogP contribution in [0.25, 0.3) is 0 Å². The lowest BCUT2D eigenvalue weighted by molar-refractivity contribution is 0.0608. The monoisotopic (exact) mass is 287 g/mol. The van der Waals surface area contributed by atoms with Crippen LogP contribution < -0.4 is 11.1 Å². The predicted molar refractivity (Wildman–Crippen MR) is 84.3 cm³/mol. The van der Waals surface area contributed by atoms with Gasteiger partial charge in [0.05, 0.1) is 0 Å². The van der Waals surface area contributed by atoms with Gasteiger partial charge < -0.3 is 16.0 Å². The van der Waals surface area contributed by atoms with Crippen molar-refractivity contribution in [3.63, 3.8) is 0 Å². The minimum absolute atomic E-state index is 0.526. The molecule has 1 aliphatic carbocycles. The zero-order chi connectivity index (χ0) is 14.4. The highest BCUT2D eigenvalue weighted by Gasteiger charge is 2.36. The van der Waals surface area contributed by atoms with E-state index in [2.05, 4.69) is 27.2 Å². The molecule has 5 nitrogen and oxygen atoms in total. The number of nitrogens with two attached hydrogens (primary N) is 1. The molecule has 3 fully saturated rings. The summed E-state index contributed by atoms with van der Waals surface area (Å²) in [5, 5.41) is 3.64. The highest BCUT2D eigenvalue weighted by molar-refractivity contribution is 5.46. The average molecular weight is 287 g/mol. The lowest BCUT2D eigenvalue weighted by Crippen LogP contribution is -2.52. The van der Waals surface area contributed by atoms with E-state index >= 15 is 0 Å². The molecule has 2 atom stereocenters. The molecule has 1 aromatic heterocycles. The van der Waals surface area contributed by atoms with Crippen LogP contribution in [0.3, 0.4) is 0 Å². The Bertz CT molecular complexity index is 513. The van der Waals surface area contributed by atoms with Crippen LogP contribution >= 0.6 is 0 Å². The highest BCUT2D eigenvalue weighted by Crippen LogP contribution is 2.39. The van der Waals surface area contributed by atoms with Gasteiger partial charge in [0.2, 0.25) is 0 Å². The molecule has 4 rings (SSSR count). The summed E-state index contributed by atoms with van der Waals surface area (Å²) in [5.74, 6) is 3.01. The van der Waals surface area contributed by atoms with Gasteiger partial charge in [-0.05, 0) is 45.6 Å². The number of anilines is 2. The summed E-state index contributed by atoms with van der Waals surface area (Å²) in [5.41, 5.74) is 5.94. The van der Waals surface area contributed by atoms with Crippen LogP contribution in [0, 0.1) is 0 Å². The van der Waals surface area contributed by atoms with E-state index in [1.165, 1.54) is 44.9 Å². The standard InChI is InChI=1S/C16H25N5/c1-21-12-3-2-4-13(21)8-11(7-12)18-15-9-14(17)19-16(20-15)10-5-6-10/h9-13H,2-8H2,1H3,(H3,17,18,19,20). The fourth-order valence-electron chi connectivity index (χ4n) is 4.03. The van der Waals surface area contributed by atoms with Gasteiger partial charge in [-0.1, -0.05) is 6.42 Å². The first-order valence-corrected chi connectivity index (χ1v) is 8.32. The van der Waals surface area contributed by atoms with Gasteiger partial charge in [-0.3, -0.25) is 0 Å². The van der Waals surface area contributed by atoms with E-state index in [0.29, 0.717) is 17.8 Å². The molecule has 0 aromatic carbocycles. The summed E-state index contributed by atoms with van der Waals surface area (Å²) in [4.78, 5) is 11.7. The van der Waals surface area contributed by atoms with Crippen molar-refractivity contribution in [2.24, 2.45) is 0 Å². The first-order chi connectivity index (χ1) is 10.2. The lowest BCUT2D eigenvalue weighted by atomic mass is 9.82. The second kappa shape index (κ2) is 5.13. The molecule has 21 heavy (non-hydrogen) atoms. The van der Waals surface area contributed by atoms with Gasteiger partial charge >= 0.3 is 0 Å². The molecule has 0 radical (unpaired) electrons. The van der Waals surface area contributed by atoms with Gasteiger partial charge in [-0.25, -0.2) is 9.97 Å². The summed E-state index contributed by atoms with van der Waals surface area (Å²) >= 11 is 0. The van der Waals surface area contributed by atoms with Crippen molar-refractivity contribution in [2.45, 2.75) is 69.0 Å². The van der Waals surface area contributed by atoms with Crippen molar-refractivity contribution in [2.75, 3.05) is 18.1 Å². The zero-order valence-corrected chi connectivity index (χ0v) is 12.8. The Kier molecular flexibility index (Phi) is 3.25. The molecule has 3 aliphatic rings. The molecule has 3 N–H and O–H groups in total. The lowest BCUT2D eigenvalue weighted by Gasteiger charge is -2.47. The molecular formula is C16H25N5. The molecule has 0 spiro atoms. The van der Waals surface area contributed by atoms with Crippen molar-refractivity contribution >= 4 is 11.6 Å². The molecule has 2 aliphatic heterocycles. The molecule has 5 heteroatoms. The number of aromatic nitrogens is 2. The topological polar surface area (TPSA) is 67.1 Å². The Balaban J connectivity index is 1.48. The Labute approximate surface area is 126 Å². The third-order valence-electron chi connectivity index (χ3n) is 5.40. The summed E-state index contributed by atoms with van der Waals surface area (Å²) in [6.07, 6.45) is 8.92. The molecule has 1 aromatic rings. The number of nitrogen functional groups attached to an aromatic ring is 1. The predicted octanol–water partition coefficient (Wildman–Crippen LogP) is 2.36. The molecule has 3 heterocycles. The van der Waals surface area contributed by atoms with Crippen LogP contribution in [-0.4, -0.2) is 40.0 Å². The number of hydrogen-bond acceptors (Lipinski definition) is 5. The molecule has 2 unspecified atom stereocenters. The Morgan fingerprint density at radius 2 is 1.86 bits per heavy atom. The van der Waals surface area contributed by atoms with Crippen LogP contribution in [0.15, 0.2) is 6.07 Å². The number of rotatable bonds is 3. The number of nitrogens with one attached hydrogen (secondary N) is 1. The molecule has 1 saturated carbocycles. The van der Waals surface area contributed by atoms with Crippen LogP contribution in [0.4, 0.5) is 11.6 Å². The SMILES string of the molecule is CN1C2CCCC1CC(Nc1cc(N)nc(C3CC3)n1)C2. The highest BCUT2D eigenvalue weighted by atomic mass is 15.2. The minimum Gasteiger partial charge on any atom is -0.384 e. The normalized spacial score (nSPS) is 32.9. The molecule has 2 saturated heterocycles. The third-order valence-corrected chi connectivity index (χ3v) is 5.40. The van der Waals surface area contributed by atoms with Crippen molar-refractivity contribution in [1.29, 1.82) is 0 Å². The van der Waals surface area contributed by atoms with E-state index in [1.54, 1.807) is 0 Å². The van der Waals surface area contributed by atoms with Gasteiger partial charge in [0, 0.05) is 30.1 Å². The van der Waals surface area contributed by atoms with Gasteiger partial charge in [-0.15, -0.1) is 0 Å².